The Bertz CT molecular complexity index is 930. The maximum Gasteiger partial charge on any atom is 0.273 e. The first-order valence-electron chi connectivity index (χ1n) is 9.56. The fourth-order valence-electron chi connectivity index (χ4n) is 3.87. The normalized spacial score (nSPS) is 16.1. The van der Waals surface area contributed by atoms with Crippen molar-refractivity contribution in [2.24, 2.45) is 0 Å². The predicted octanol–water partition coefficient (Wildman–Crippen LogP) is 5.12. The van der Waals surface area contributed by atoms with Crippen molar-refractivity contribution in [1.82, 2.24) is 9.88 Å². The van der Waals surface area contributed by atoms with Crippen molar-refractivity contribution in [2.75, 3.05) is 6.54 Å². The molecule has 1 atom stereocenters. The summed E-state index contributed by atoms with van der Waals surface area (Å²) in [5.41, 5.74) is 3.36. The molecule has 0 fully saturated rings. The molecule has 4 rings (SSSR count). The summed E-state index contributed by atoms with van der Waals surface area (Å²) in [5.74, 6) is 0.767. The van der Waals surface area contributed by atoms with Gasteiger partial charge in [0, 0.05) is 17.5 Å². The molecular weight excluding hydrogens is 356 g/mol. The first kappa shape index (κ1) is 18.0. The van der Waals surface area contributed by atoms with Crippen LogP contribution in [0.5, 0.6) is 0 Å². The van der Waals surface area contributed by atoms with Crippen LogP contribution < -0.4 is 0 Å². The summed E-state index contributed by atoms with van der Waals surface area (Å²) in [7, 11) is 0. The number of carbonyl (C=O) groups is 1. The fraction of sp³-hybridized carbons (Fsp3) is 0.364. The molecule has 4 nitrogen and oxygen atoms in total. The van der Waals surface area contributed by atoms with Crippen molar-refractivity contribution in [3.63, 3.8) is 0 Å². The molecule has 0 saturated carbocycles. The molecule has 2 aromatic heterocycles. The van der Waals surface area contributed by atoms with E-state index in [1.54, 1.807) is 6.26 Å². The molecule has 1 unspecified atom stereocenters. The van der Waals surface area contributed by atoms with Crippen LogP contribution in [0.15, 0.2) is 47.1 Å². The van der Waals surface area contributed by atoms with Crippen LogP contribution in [0.1, 0.15) is 46.3 Å². The van der Waals surface area contributed by atoms with Gasteiger partial charge in [-0.3, -0.25) is 4.79 Å². The van der Waals surface area contributed by atoms with Crippen molar-refractivity contribution < 1.29 is 9.21 Å². The highest BCUT2D eigenvalue weighted by molar-refractivity contribution is 7.15. The number of fused-ring (bicyclic) bond motifs is 1. The van der Waals surface area contributed by atoms with Crippen LogP contribution in [-0.2, 0) is 12.8 Å². The standard InChI is InChI=1S/C22H24N2O2S/c1-3-12-24(18-11-10-16-7-4-5-8-17(16)14-18)22(25)20-15(2)27-21(23-20)19-9-6-13-26-19/h4-9,13,18H,3,10-12,14H2,1-2H3. The van der Waals surface area contributed by atoms with Crippen LogP contribution >= 0.6 is 11.3 Å². The van der Waals surface area contributed by atoms with Gasteiger partial charge in [0.25, 0.3) is 5.91 Å². The zero-order valence-corrected chi connectivity index (χ0v) is 16.6. The maximum atomic E-state index is 13.4. The monoisotopic (exact) mass is 380 g/mol. The third-order valence-corrected chi connectivity index (χ3v) is 6.20. The Hall–Kier alpha value is -2.40. The largest absolute Gasteiger partial charge is 0.462 e. The minimum Gasteiger partial charge on any atom is -0.462 e. The van der Waals surface area contributed by atoms with Crippen molar-refractivity contribution >= 4 is 17.2 Å². The van der Waals surface area contributed by atoms with Crippen molar-refractivity contribution in [3.05, 3.63) is 64.4 Å². The smallest absolute Gasteiger partial charge is 0.273 e. The van der Waals surface area contributed by atoms with Gasteiger partial charge in [-0.25, -0.2) is 4.98 Å². The molecular formula is C22H24N2O2S. The number of thiazole rings is 1. The number of aromatic nitrogens is 1. The van der Waals surface area contributed by atoms with Crippen LogP contribution in [-0.4, -0.2) is 28.4 Å². The van der Waals surface area contributed by atoms with E-state index in [1.807, 2.05) is 24.0 Å². The molecule has 0 N–H and O–H groups in total. The Kier molecular flexibility index (Phi) is 5.12. The highest BCUT2D eigenvalue weighted by Crippen LogP contribution is 2.30. The van der Waals surface area contributed by atoms with Gasteiger partial charge in [-0.1, -0.05) is 31.2 Å². The van der Waals surface area contributed by atoms with Crippen molar-refractivity contribution in [3.8, 4) is 10.8 Å². The van der Waals surface area contributed by atoms with Gasteiger partial charge >= 0.3 is 0 Å². The Morgan fingerprint density at radius 1 is 1.26 bits per heavy atom. The molecule has 5 heteroatoms. The SMILES string of the molecule is CCCN(C(=O)c1nc(-c2ccco2)sc1C)C1CCc2ccccc2C1. The predicted molar refractivity (Wildman–Crippen MR) is 108 cm³/mol. The Morgan fingerprint density at radius 3 is 2.81 bits per heavy atom. The summed E-state index contributed by atoms with van der Waals surface area (Å²) in [5, 5.41) is 0.770. The molecule has 1 aliphatic rings. The molecule has 0 radical (unpaired) electrons. The number of hydrogen-bond acceptors (Lipinski definition) is 4. The average Bonchev–Trinajstić information content (AvgIpc) is 3.35. The zero-order chi connectivity index (χ0) is 18.8. The first-order valence-corrected chi connectivity index (χ1v) is 10.4. The third kappa shape index (κ3) is 3.56. The highest BCUT2D eigenvalue weighted by Gasteiger charge is 2.30. The van der Waals surface area contributed by atoms with E-state index < -0.39 is 0 Å². The molecule has 1 aliphatic carbocycles. The first-order chi connectivity index (χ1) is 13.2. The van der Waals surface area contributed by atoms with Crippen molar-refractivity contribution in [2.45, 2.75) is 45.6 Å². The van der Waals surface area contributed by atoms with Gasteiger partial charge in [0.2, 0.25) is 0 Å². The molecule has 0 spiro atoms. The number of amides is 1. The van der Waals surface area contributed by atoms with Crippen LogP contribution in [0.25, 0.3) is 10.8 Å². The van der Waals surface area contributed by atoms with E-state index >= 15 is 0 Å². The molecule has 0 saturated heterocycles. The van der Waals surface area contributed by atoms with E-state index in [0.29, 0.717) is 5.69 Å². The Balaban J connectivity index is 1.60. The van der Waals surface area contributed by atoms with E-state index in [4.69, 9.17) is 4.42 Å². The van der Waals surface area contributed by atoms with Gasteiger partial charge in [-0.2, -0.15) is 0 Å². The van der Waals surface area contributed by atoms with Gasteiger partial charge < -0.3 is 9.32 Å². The van der Waals surface area contributed by atoms with Crippen LogP contribution in [0.2, 0.25) is 0 Å². The molecule has 1 aromatic carbocycles. The van der Waals surface area contributed by atoms with E-state index in [2.05, 4.69) is 36.2 Å². The minimum absolute atomic E-state index is 0.0489. The van der Waals surface area contributed by atoms with E-state index in [0.717, 1.165) is 47.9 Å². The van der Waals surface area contributed by atoms with Gasteiger partial charge in [0.05, 0.1) is 6.26 Å². The Morgan fingerprint density at radius 2 is 2.07 bits per heavy atom. The summed E-state index contributed by atoms with van der Waals surface area (Å²) in [4.78, 5) is 21.0. The van der Waals surface area contributed by atoms with Crippen LogP contribution in [0, 0.1) is 6.92 Å². The molecule has 3 aromatic rings. The molecule has 27 heavy (non-hydrogen) atoms. The van der Waals surface area contributed by atoms with E-state index in [1.165, 1.54) is 22.5 Å². The summed E-state index contributed by atoms with van der Waals surface area (Å²) in [6.45, 7) is 4.86. The van der Waals surface area contributed by atoms with Gasteiger partial charge in [-0.05, 0) is 55.9 Å². The molecule has 140 valence electrons. The van der Waals surface area contributed by atoms with Crippen LogP contribution in [0.4, 0.5) is 0 Å². The van der Waals surface area contributed by atoms with E-state index in [9.17, 15) is 4.79 Å². The van der Waals surface area contributed by atoms with Gasteiger partial charge in [0.1, 0.15) is 5.69 Å². The van der Waals surface area contributed by atoms with Crippen molar-refractivity contribution in [1.29, 1.82) is 0 Å². The summed E-state index contributed by atoms with van der Waals surface area (Å²) in [6, 6.07) is 12.6. The number of aryl methyl sites for hydroxylation is 2. The number of carbonyl (C=O) groups excluding carboxylic acids is 1. The van der Waals surface area contributed by atoms with Gasteiger partial charge in [0.15, 0.2) is 10.8 Å². The molecule has 1 amide bonds. The Labute approximate surface area is 163 Å². The van der Waals surface area contributed by atoms with Crippen LogP contribution in [0.3, 0.4) is 0 Å². The molecule has 2 heterocycles. The summed E-state index contributed by atoms with van der Waals surface area (Å²) in [6.07, 6.45) is 5.55. The second kappa shape index (κ2) is 7.69. The summed E-state index contributed by atoms with van der Waals surface area (Å²) < 4.78 is 5.45. The summed E-state index contributed by atoms with van der Waals surface area (Å²) >= 11 is 1.52. The lowest BCUT2D eigenvalue weighted by atomic mass is 9.87. The third-order valence-electron chi connectivity index (χ3n) is 5.22. The molecule has 0 bridgehead atoms. The quantitative estimate of drug-likeness (QED) is 0.617. The minimum atomic E-state index is 0.0489. The average molecular weight is 381 g/mol. The number of benzene rings is 1. The second-order valence-corrected chi connectivity index (χ2v) is 8.27. The number of hydrogen-bond donors (Lipinski definition) is 0. The second-order valence-electron chi connectivity index (χ2n) is 7.06. The lowest BCUT2D eigenvalue weighted by molar-refractivity contribution is 0.0656. The lowest BCUT2D eigenvalue weighted by Gasteiger charge is -2.35. The number of rotatable bonds is 5. The molecule has 0 aliphatic heterocycles. The number of furan rings is 1. The van der Waals surface area contributed by atoms with Gasteiger partial charge in [-0.15, -0.1) is 11.3 Å². The highest BCUT2D eigenvalue weighted by atomic mass is 32.1. The lowest BCUT2D eigenvalue weighted by Crippen LogP contribution is -2.44. The van der Waals surface area contributed by atoms with E-state index in [-0.39, 0.29) is 11.9 Å². The fourth-order valence-corrected chi connectivity index (χ4v) is 4.75. The topological polar surface area (TPSA) is 46.3 Å². The zero-order valence-electron chi connectivity index (χ0n) is 15.8. The number of nitrogens with zero attached hydrogens (tertiary/aromatic N) is 2. The maximum absolute atomic E-state index is 13.4.